The van der Waals surface area contributed by atoms with Gasteiger partial charge in [-0.05, 0) is 45.7 Å². The van der Waals surface area contributed by atoms with Crippen molar-refractivity contribution in [3.63, 3.8) is 0 Å². The zero-order valence-electron chi connectivity index (χ0n) is 11.3. The molecule has 0 spiro atoms. The minimum absolute atomic E-state index is 0.173. The highest BCUT2D eigenvalue weighted by Gasteiger charge is 2.37. The topological polar surface area (TPSA) is 38.5 Å². The fraction of sp³-hybridized carbons (Fsp3) is 1.00. The molecule has 1 aliphatic rings. The smallest absolute Gasteiger partial charge is 0.0565 e. The van der Waals surface area contributed by atoms with Crippen LogP contribution >= 0.6 is 0 Å². The van der Waals surface area contributed by atoms with Crippen LogP contribution in [0, 0.1) is 5.92 Å². The van der Waals surface area contributed by atoms with Gasteiger partial charge in [0.15, 0.2) is 0 Å². The molecule has 16 heavy (non-hydrogen) atoms. The highest BCUT2D eigenvalue weighted by atomic mass is 16.5. The van der Waals surface area contributed by atoms with Crippen LogP contribution in [0.4, 0.5) is 0 Å². The van der Waals surface area contributed by atoms with E-state index < -0.39 is 0 Å². The first-order valence-corrected chi connectivity index (χ1v) is 6.53. The standard InChI is InChI=1S/C13H28N2O/c1-11(2)5-7-15(4)13(10-14)6-8-16-12(3)9-13/h11-12H,5-10,14H2,1-4H3. The second kappa shape index (κ2) is 5.99. The quantitative estimate of drug-likeness (QED) is 0.780. The molecule has 3 nitrogen and oxygen atoms in total. The number of hydrogen-bond acceptors (Lipinski definition) is 3. The van der Waals surface area contributed by atoms with Crippen molar-refractivity contribution < 1.29 is 4.74 Å². The van der Waals surface area contributed by atoms with E-state index in [1.807, 2.05) is 0 Å². The van der Waals surface area contributed by atoms with Crippen molar-refractivity contribution in [2.24, 2.45) is 11.7 Å². The van der Waals surface area contributed by atoms with Gasteiger partial charge in [0.2, 0.25) is 0 Å². The maximum Gasteiger partial charge on any atom is 0.0565 e. The molecule has 3 heteroatoms. The van der Waals surface area contributed by atoms with Crippen molar-refractivity contribution in [3.05, 3.63) is 0 Å². The summed E-state index contributed by atoms with van der Waals surface area (Å²) in [6.07, 6.45) is 3.73. The molecular weight excluding hydrogens is 200 g/mol. The van der Waals surface area contributed by atoms with Crippen molar-refractivity contribution in [2.45, 2.75) is 51.7 Å². The second-order valence-electron chi connectivity index (χ2n) is 5.67. The van der Waals surface area contributed by atoms with Gasteiger partial charge in [0.05, 0.1) is 6.10 Å². The van der Waals surface area contributed by atoms with E-state index in [2.05, 4.69) is 32.7 Å². The maximum absolute atomic E-state index is 6.01. The highest BCUT2D eigenvalue weighted by Crippen LogP contribution is 2.29. The van der Waals surface area contributed by atoms with Crippen LogP contribution in [-0.2, 0) is 4.74 Å². The average Bonchev–Trinajstić information content (AvgIpc) is 2.25. The Morgan fingerprint density at radius 1 is 1.50 bits per heavy atom. The van der Waals surface area contributed by atoms with E-state index >= 15 is 0 Å². The van der Waals surface area contributed by atoms with E-state index in [1.54, 1.807) is 0 Å². The Hall–Kier alpha value is -0.120. The summed E-state index contributed by atoms with van der Waals surface area (Å²) in [6.45, 7) is 9.44. The lowest BCUT2D eigenvalue weighted by Gasteiger charge is -2.46. The minimum atomic E-state index is 0.173. The summed E-state index contributed by atoms with van der Waals surface area (Å²) in [5.74, 6) is 0.759. The van der Waals surface area contributed by atoms with Gasteiger partial charge in [-0.2, -0.15) is 0 Å². The van der Waals surface area contributed by atoms with Gasteiger partial charge in [-0.25, -0.2) is 0 Å². The average molecular weight is 228 g/mol. The molecule has 0 saturated carbocycles. The molecular formula is C13H28N2O. The molecule has 0 amide bonds. The Morgan fingerprint density at radius 2 is 2.19 bits per heavy atom. The van der Waals surface area contributed by atoms with Crippen LogP contribution in [0.25, 0.3) is 0 Å². The fourth-order valence-electron chi connectivity index (χ4n) is 2.52. The summed E-state index contributed by atoms with van der Waals surface area (Å²) in [6, 6.07) is 0. The van der Waals surface area contributed by atoms with Crippen LogP contribution in [-0.4, -0.2) is 43.3 Å². The number of rotatable bonds is 5. The van der Waals surface area contributed by atoms with Crippen molar-refractivity contribution in [1.82, 2.24) is 4.90 Å². The molecule has 0 aliphatic carbocycles. The Kier molecular flexibility index (Phi) is 5.22. The Morgan fingerprint density at radius 3 is 2.69 bits per heavy atom. The monoisotopic (exact) mass is 228 g/mol. The normalized spacial score (nSPS) is 31.3. The van der Waals surface area contributed by atoms with E-state index in [-0.39, 0.29) is 5.54 Å². The molecule has 2 unspecified atom stereocenters. The number of likely N-dealkylation sites (N-methyl/N-ethyl adjacent to an activating group) is 1. The van der Waals surface area contributed by atoms with Gasteiger partial charge in [0, 0.05) is 18.7 Å². The predicted octanol–water partition coefficient (Wildman–Crippen LogP) is 1.86. The molecule has 0 bridgehead atoms. The van der Waals surface area contributed by atoms with Crippen LogP contribution in [0.15, 0.2) is 0 Å². The van der Waals surface area contributed by atoms with E-state index in [1.165, 1.54) is 6.42 Å². The first-order chi connectivity index (χ1) is 7.50. The Labute approximate surface area is 100 Å². The van der Waals surface area contributed by atoms with Gasteiger partial charge in [-0.15, -0.1) is 0 Å². The van der Waals surface area contributed by atoms with Crippen molar-refractivity contribution >= 4 is 0 Å². The third-order valence-corrected chi connectivity index (χ3v) is 3.87. The molecule has 1 fully saturated rings. The maximum atomic E-state index is 6.01. The third kappa shape index (κ3) is 3.44. The van der Waals surface area contributed by atoms with Gasteiger partial charge in [0.25, 0.3) is 0 Å². The zero-order chi connectivity index (χ0) is 12.2. The lowest BCUT2D eigenvalue weighted by Crippen LogP contribution is -2.57. The largest absolute Gasteiger partial charge is 0.378 e. The van der Waals surface area contributed by atoms with E-state index in [0.717, 1.165) is 38.5 Å². The van der Waals surface area contributed by atoms with Gasteiger partial charge in [-0.1, -0.05) is 13.8 Å². The number of nitrogens with two attached hydrogens (primary N) is 1. The molecule has 0 radical (unpaired) electrons. The summed E-state index contributed by atoms with van der Waals surface area (Å²) >= 11 is 0. The highest BCUT2D eigenvalue weighted by molar-refractivity contribution is 4.94. The van der Waals surface area contributed by atoms with Gasteiger partial charge < -0.3 is 10.5 Å². The molecule has 0 aromatic rings. The van der Waals surface area contributed by atoms with Crippen molar-refractivity contribution in [1.29, 1.82) is 0 Å². The van der Waals surface area contributed by atoms with E-state index in [0.29, 0.717) is 6.10 Å². The molecule has 0 aromatic heterocycles. The predicted molar refractivity (Wildman–Crippen MR) is 68.5 cm³/mol. The van der Waals surface area contributed by atoms with E-state index in [4.69, 9.17) is 10.5 Å². The Bertz CT molecular complexity index is 208. The van der Waals surface area contributed by atoms with Crippen LogP contribution in [0.3, 0.4) is 0 Å². The zero-order valence-corrected chi connectivity index (χ0v) is 11.3. The summed E-state index contributed by atoms with van der Waals surface area (Å²) in [5, 5.41) is 0. The first kappa shape index (κ1) is 13.9. The number of nitrogens with zero attached hydrogens (tertiary/aromatic N) is 1. The van der Waals surface area contributed by atoms with E-state index in [9.17, 15) is 0 Å². The summed E-state index contributed by atoms with van der Waals surface area (Å²) < 4.78 is 5.63. The van der Waals surface area contributed by atoms with Gasteiger partial charge >= 0.3 is 0 Å². The van der Waals surface area contributed by atoms with Crippen LogP contribution in [0.1, 0.15) is 40.0 Å². The molecule has 1 heterocycles. The van der Waals surface area contributed by atoms with Crippen LogP contribution in [0.2, 0.25) is 0 Å². The molecule has 96 valence electrons. The Balaban J connectivity index is 2.56. The summed E-state index contributed by atoms with van der Waals surface area (Å²) in [4.78, 5) is 2.46. The minimum Gasteiger partial charge on any atom is -0.378 e. The number of hydrogen-bond donors (Lipinski definition) is 1. The first-order valence-electron chi connectivity index (χ1n) is 6.53. The molecule has 2 N–H and O–H groups in total. The lowest BCUT2D eigenvalue weighted by molar-refractivity contribution is -0.0567. The third-order valence-electron chi connectivity index (χ3n) is 3.87. The SMILES string of the molecule is CC(C)CCN(C)C1(CN)CCOC(C)C1. The molecule has 1 saturated heterocycles. The van der Waals surface area contributed by atoms with Crippen LogP contribution < -0.4 is 5.73 Å². The lowest BCUT2D eigenvalue weighted by atomic mass is 9.85. The molecule has 1 aliphatic heterocycles. The number of ether oxygens (including phenoxy) is 1. The van der Waals surface area contributed by atoms with Gasteiger partial charge in [0.1, 0.15) is 0 Å². The molecule has 2 atom stereocenters. The summed E-state index contributed by atoms with van der Waals surface area (Å²) in [7, 11) is 2.22. The summed E-state index contributed by atoms with van der Waals surface area (Å²) in [5.41, 5.74) is 6.18. The van der Waals surface area contributed by atoms with Crippen molar-refractivity contribution in [2.75, 3.05) is 26.7 Å². The van der Waals surface area contributed by atoms with Gasteiger partial charge in [-0.3, -0.25) is 4.90 Å². The second-order valence-corrected chi connectivity index (χ2v) is 5.67. The molecule has 1 rings (SSSR count). The van der Waals surface area contributed by atoms with Crippen molar-refractivity contribution in [3.8, 4) is 0 Å². The molecule has 0 aromatic carbocycles. The fourth-order valence-corrected chi connectivity index (χ4v) is 2.52. The van der Waals surface area contributed by atoms with Crippen LogP contribution in [0.5, 0.6) is 0 Å².